The number of para-hydroxylation sites is 1. The first-order chi connectivity index (χ1) is 13.2. The summed E-state index contributed by atoms with van der Waals surface area (Å²) in [6, 6.07) is 20.4. The van der Waals surface area contributed by atoms with Crippen LogP contribution in [-0.4, -0.2) is 15.5 Å². The molecule has 1 aromatic heterocycles. The summed E-state index contributed by atoms with van der Waals surface area (Å²) in [6.07, 6.45) is 0. The van der Waals surface area contributed by atoms with Gasteiger partial charge in [-0.25, -0.2) is 4.98 Å². The van der Waals surface area contributed by atoms with Gasteiger partial charge in [0.05, 0.1) is 10.9 Å². The molecule has 3 aromatic carbocycles. The van der Waals surface area contributed by atoms with Crippen molar-refractivity contribution >= 4 is 33.5 Å². The van der Waals surface area contributed by atoms with Crippen molar-refractivity contribution < 1.29 is 4.79 Å². The number of hydrogen-bond acceptors (Lipinski definition) is 4. The van der Waals surface area contributed by atoms with Gasteiger partial charge >= 0.3 is 0 Å². The topological polar surface area (TPSA) is 76.0 Å². The standard InChI is InChI=1S/C21H18N4O2/c1-2-25-20(27)17-11-5-6-13-18(17)22-21(25)24-23-19(26)16-12-7-9-14-8-3-4-10-15(14)16/h3-13H,2H2,1H3,(H,22,24)(H,23,26). The summed E-state index contributed by atoms with van der Waals surface area (Å²) in [5, 5.41) is 2.39. The summed E-state index contributed by atoms with van der Waals surface area (Å²) in [4.78, 5) is 29.8. The van der Waals surface area contributed by atoms with Crippen LogP contribution in [0.1, 0.15) is 17.3 Å². The fourth-order valence-corrected chi connectivity index (χ4v) is 3.16. The van der Waals surface area contributed by atoms with Crippen LogP contribution in [0, 0.1) is 0 Å². The van der Waals surface area contributed by atoms with Crippen LogP contribution in [0.3, 0.4) is 0 Å². The Labute approximate surface area is 155 Å². The van der Waals surface area contributed by atoms with E-state index in [1.165, 1.54) is 4.57 Å². The van der Waals surface area contributed by atoms with Crippen LogP contribution >= 0.6 is 0 Å². The predicted molar refractivity (Wildman–Crippen MR) is 107 cm³/mol. The van der Waals surface area contributed by atoms with E-state index in [0.717, 1.165) is 10.8 Å². The van der Waals surface area contributed by atoms with E-state index in [1.807, 2.05) is 49.4 Å². The second-order valence-corrected chi connectivity index (χ2v) is 6.11. The molecule has 0 aliphatic heterocycles. The second kappa shape index (κ2) is 6.92. The number of anilines is 1. The number of hydrazine groups is 1. The van der Waals surface area contributed by atoms with Gasteiger partial charge in [-0.3, -0.25) is 25.0 Å². The van der Waals surface area contributed by atoms with E-state index in [0.29, 0.717) is 29.0 Å². The van der Waals surface area contributed by atoms with Gasteiger partial charge in [0.25, 0.3) is 11.5 Å². The lowest BCUT2D eigenvalue weighted by atomic mass is 10.0. The third-order valence-corrected chi connectivity index (χ3v) is 4.50. The van der Waals surface area contributed by atoms with Gasteiger partial charge in [0.2, 0.25) is 5.95 Å². The van der Waals surface area contributed by atoms with Crippen LogP contribution < -0.4 is 16.4 Å². The Morgan fingerprint density at radius 1 is 0.963 bits per heavy atom. The molecule has 1 heterocycles. The van der Waals surface area contributed by atoms with Crippen LogP contribution in [0.5, 0.6) is 0 Å². The lowest BCUT2D eigenvalue weighted by molar-refractivity contribution is 0.0963. The average Bonchev–Trinajstić information content (AvgIpc) is 2.71. The first-order valence-electron chi connectivity index (χ1n) is 8.72. The van der Waals surface area contributed by atoms with E-state index in [-0.39, 0.29) is 11.5 Å². The smallest absolute Gasteiger partial charge is 0.270 e. The van der Waals surface area contributed by atoms with Gasteiger partial charge in [-0.15, -0.1) is 0 Å². The molecule has 0 saturated heterocycles. The highest BCUT2D eigenvalue weighted by atomic mass is 16.2. The summed E-state index contributed by atoms with van der Waals surface area (Å²) >= 11 is 0. The summed E-state index contributed by atoms with van der Waals surface area (Å²) in [7, 11) is 0. The molecule has 6 heteroatoms. The minimum atomic E-state index is -0.295. The van der Waals surface area contributed by atoms with Gasteiger partial charge < -0.3 is 0 Å². The van der Waals surface area contributed by atoms with E-state index in [1.54, 1.807) is 24.3 Å². The summed E-state index contributed by atoms with van der Waals surface area (Å²) < 4.78 is 1.49. The third-order valence-electron chi connectivity index (χ3n) is 4.50. The van der Waals surface area contributed by atoms with Crippen LogP contribution in [-0.2, 0) is 6.54 Å². The third kappa shape index (κ3) is 3.01. The Morgan fingerprint density at radius 3 is 2.48 bits per heavy atom. The lowest BCUT2D eigenvalue weighted by Crippen LogP contribution is -2.34. The van der Waals surface area contributed by atoms with E-state index in [2.05, 4.69) is 15.8 Å². The number of rotatable bonds is 4. The lowest BCUT2D eigenvalue weighted by Gasteiger charge is -2.14. The molecular weight excluding hydrogens is 340 g/mol. The number of aromatic nitrogens is 2. The maximum Gasteiger partial charge on any atom is 0.270 e. The largest absolute Gasteiger partial charge is 0.277 e. The normalized spacial score (nSPS) is 10.9. The van der Waals surface area contributed by atoms with Gasteiger partial charge in [0.1, 0.15) is 0 Å². The molecule has 0 fully saturated rings. The van der Waals surface area contributed by atoms with Gasteiger partial charge in [0, 0.05) is 12.1 Å². The van der Waals surface area contributed by atoms with E-state index < -0.39 is 0 Å². The van der Waals surface area contributed by atoms with Crippen LogP contribution in [0.15, 0.2) is 71.5 Å². The van der Waals surface area contributed by atoms with E-state index in [9.17, 15) is 9.59 Å². The maximum absolute atomic E-state index is 12.7. The Balaban J connectivity index is 1.67. The van der Waals surface area contributed by atoms with Crippen molar-refractivity contribution in [3.63, 3.8) is 0 Å². The number of carbonyl (C=O) groups excluding carboxylic acids is 1. The molecular formula is C21H18N4O2. The van der Waals surface area contributed by atoms with Crippen molar-refractivity contribution in [3.05, 3.63) is 82.6 Å². The monoisotopic (exact) mass is 358 g/mol. The quantitative estimate of drug-likeness (QED) is 0.549. The van der Waals surface area contributed by atoms with Crippen molar-refractivity contribution in [3.8, 4) is 0 Å². The zero-order valence-electron chi connectivity index (χ0n) is 14.8. The molecule has 1 amide bonds. The number of nitrogens with zero attached hydrogens (tertiary/aromatic N) is 2. The zero-order chi connectivity index (χ0) is 18.8. The van der Waals surface area contributed by atoms with Gasteiger partial charge in [0.15, 0.2) is 0 Å². The SMILES string of the molecule is CCn1c(NNC(=O)c2cccc3ccccc23)nc2ccccc2c1=O. The van der Waals surface area contributed by atoms with Crippen molar-refractivity contribution in [1.29, 1.82) is 0 Å². The number of amides is 1. The molecule has 0 radical (unpaired) electrons. The maximum atomic E-state index is 12.7. The molecule has 0 bridgehead atoms. The highest BCUT2D eigenvalue weighted by molar-refractivity contribution is 6.07. The zero-order valence-corrected chi connectivity index (χ0v) is 14.8. The molecule has 27 heavy (non-hydrogen) atoms. The molecule has 0 spiro atoms. The Bertz CT molecular complexity index is 1210. The molecule has 0 aliphatic rings. The molecule has 4 rings (SSSR count). The Kier molecular flexibility index (Phi) is 4.30. The van der Waals surface area contributed by atoms with E-state index in [4.69, 9.17) is 0 Å². The Hall–Kier alpha value is -3.67. The second-order valence-electron chi connectivity index (χ2n) is 6.11. The van der Waals surface area contributed by atoms with Gasteiger partial charge in [-0.05, 0) is 35.9 Å². The molecule has 6 nitrogen and oxygen atoms in total. The van der Waals surface area contributed by atoms with Crippen LogP contribution in [0.25, 0.3) is 21.7 Å². The Morgan fingerprint density at radius 2 is 1.67 bits per heavy atom. The molecule has 0 aliphatic carbocycles. The van der Waals surface area contributed by atoms with Crippen molar-refractivity contribution in [2.24, 2.45) is 0 Å². The molecule has 2 N–H and O–H groups in total. The van der Waals surface area contributed by atoms with Crippen LogP contribution in [0.2, 0.25) is 0 Å². The van der Waals surface area contributed by atoms with Gasteiger partial charge in [-0.1, -0.05) is 48.5 Å². The average molecular weight is 358 g/mol. The predicted octanol–water partition coefficient (Wildman–Crippen LogP) is 3.33. The minimum Gasteiger partial charge on any atom is -0.277 e. The minimum absolute atomic E-state index is 0.148. The van der Waals surface area contributed by atoms with Gasteiger partial charge in [-0.2, -0.15) is 0 Å². The van der Waals surface area contributed by atoms with E-state index >= 15 is 0 Å². The first kappa shape index (κ1) is 16.8. The number of nitrogens with one attached hydrogen (secondary N) is 2. The summed E-state index contributed by atoms with van der Waals surface area (Å²) in [6.45, 7) is 2.29. The molecule has 0 atom stereocenters. The number of carbonyl (C=O) groups is 1. The molecule has 134 valence electrons. The highest BCUT2D eigenvalue weighted by Gasteiger charge is 2.12. The molecule has 4 aromatic rings. The molecule has 0 saturated carbocycles. The number of benzene rings is 3. The fraction of sp³-hybridized carbons (Fsp3) is 0.0952. The highest BCUT2D eigenvalue weighted by Crippen LogP contribution is 2.18. The summed E-state index contributed by atoms with van der Waals surface area (Å²) in [5.74, 6) is 0.00615. The fourth-order valence-electron chi connectivity index (χ4n) is 3.16. The number of hydrogen-bond donors (Lipinski definition) is 2. The van der Waals surface area contributed by atoms with Crippen molar-refractivity contribution in [1.82, 2.24) is 15.0 Å². The van der Waals surface area contributed by atoms with Crippen molar-refractivity contribution in [2.75, 3.05) is 5.43 Å². The first-order valence-corrected chi connectivity index (χ1v) is 8.72. The summed E-state index contributed by atoms with van der Waals surface area (Å²) in [5.41, 5.74) is 6.45. The van der Waals surface area contributed by atoms with Crippen molar-refractivity contribution in [2.45, 2.75) is 13.5 Å². The molecule has 0 unspecified atom stereocenters. The van der Waals surface area contributed by atoms with Crippen LogP contribution in [0.4, 0.5) is 5.95 Å². The number of fused-ring (bicyclic) bond motifs is 2.